The first-order valence-corrected chi connectivity index (χ1v) is 6.44. The van der Waals surface area contributed by atoms with Crippen molar-refractivity contribution in [2.75, 3.05) is 11.4 Å². The first-order valence-electron chi connectivity index (χ1n) is 6.44. The molecule has 0 spiro atoms. The van der Waals surface area contributed by atoms with Gasteiger partial charge < -0.3 is 10.0 Å². The van der Waals surface area contributed by atoms with Crippen LogP contribution in [0.3, 0.4) is 0 Å². The minimum absolute atomic E-state index is 0.0127. The molecule has 1 aliphatic rings. The Bertz CT molecular complexity index is 614. The van der Waals surface area contributed by atoms with Gasteiger partial charge in [-0.25, -0.2) is 9.97 Å². The fraction of sp³-hybridized carbons (Fsp3) is 0.357. The number of benzene rings is 1. The SMILES string of the molecule is O=C(O)CC1CCCN1c1ncc2ccccc2n1. The Morgan fingerprint density at radius 2 is 2.26 bits per heavy atom. The van der Waals surface area contributed by atoms with Crippen molar-refractivity contribution in [2.45, 2.75) is 25.3 Å². The molecule has 0 radical (unpaired) electrons. The van der Waals surface area contributed by atoms with Crippen LogP contribution in [0, 0.1) is 0 Å². The lowest BCUT2D eigenvalue weighted by molar-refractivity contribution is -0.137. The maximum absolute atomic E-state index is 10.9. The smallest absolute Gasteiger partial charge is 0.305 e. The monoisotopic (exact) mass is 257 g/mol. The summed E-state index contributed by atoms with van der Waals surface area (Å²) in [6, 6.07) is 7.83. The van der Waals surface area contributed by atoms with Crippen molar-refractivity contribution in [1.29, 1.82) is 0 Å². The highest BCUT2D eigenvalue weighted by atomic mass is 16.4. The van der Waals surface area contributed by atoms with Crippen LogP contribution in [0.15, 0.2) is 30.5 Å². The number of hydrogen-bond acceptors (Lipinski definition) is 4. The molecule has 5 heteroatoms. The molecule has 0 bridgehead atoms. The highest BCUT2D eigenvalue weighted by molar-refractivity contribution is 5.78. The number of aromatic nitrogens is 2. The molecule has 1 aromatic heterocycles. The second-order valence-electron chi connectivity index (χ2n) is 4.82. The van der Waals surface area contributed by atoms with E-state index in [0.29, 0.717) is 5.95 Å². The number of para-hydroxylation sites is 1. The molecule has 5 nitrogen and oxygen atoms in total. The Kier molecular flexibility index (Phi) is 3.03. The summed E-state index contributed by atoms with van der Waals surface area (Å²) in [7, 11) is 0. The van der Waals surface area contributed by atoms with Gasteiger partial charge in [-0.3, -0.25) is 4.79 Å². The van der Waals surface area contributed by atoms with Crippen LogP contribution in [-0.4, -0.2) is 33.6 Å². The van der Waals surface area contributed by atoms with E-state index < -0.39 is 5.97 Å². The zero-order valence-corrected chi connectivity index (χ0v) is 10.5. The van der Waals surface area contributed by atoms with Gasteiger partial charge in [0.2, 0.25) is 5.95 Å². The van der Waals surface area contributed by atoms with E-state index in [1.807, 2.05) is 29.2 Å². The van der Waals surface area contributed by atoms with Gasteiger partial charge in [0.15, 0.2) is 0 Å². The fourth-order valence-electron chi connectivity index (χ4n) is 2.61. The molecular weight excluding hydrogens is 242 g/mol. The summed E-state index contributed by atoms with van der Waals surface area (Å²) in [5, 5.41) is 9.94. The zero-order chi connectivity index (χ0) is 13.2. The second-order valence-corrected chi connectivity index (χ2v) is 4.82. The van der Waals surface area contributed by atoms with Gasteiger partial charge >= 0.3 is 5.97 Å². The van der Waals surface area contributed by atoms with E-state index in [2.05, 4.69) is 9.97 Å². The van der Waals surface area contributed by atoms with Gasteiger partial charge in [0, 0.05) is 24.2 Å². The van der Waals surface area contributed by atoms with Crippen LogP contribution in [0.25, 0.3) is 10.9 Å². The lowest BCUT2D eigenvalue weighted by Crippen LogP contribution is -2.32. The maximum Gasteiger partial charge on any atom is 0.305 e. The Balaban J connectivity index is 1.92. The molecule has 1 aliphatic heterocycles. The van der Waals surface area contributed by atoms with Crippen molar-refractivity contribution in [3.63, 3.8) is 0 Å². The molecule has 1 aromatic carbocycles. The molecular formula is C14H15N3O2. The van der Waals surface area contributed by atoms with Crippen molar-refractivity contribution >= 4 is 22.8 Å². The number of carboxylic acid groups (broad SMARTS) is 1. The molecule has 0 saturated carbocycles. The van der Waals surface area contributed by atoms with Gasteiger partial charge in [-0.05, 0) is 18.9 Å². The van der Waals surface area contributed by atoms with Crippen LogP contribution < -0.4 is 4.90 Å². The highest BCUT2D eigenvalue weighted by Crippen LogP contribution is 2.25. The number of rotatable bonds is 3. The summed E-state index contributed by atoms with van der Waals surface area (Å²) in [5.74, 6) is -0.125. The lowest BCUT2D eigenvalue weighted by Gasteiger charge is -2.23. The van der Waals surface area contributed by atoms with Crippen LogP contribution in [0.5, 0.6) is 0 Å². The molecule has 1 fully saturated rings. The topological polar surface area (TPSA) is 66.3 Å². The summed E-state index contributed by atoms with van der Waals surface area (Å²) in [6.45, 7) is 0.830. The van der Waals surface area contributed by atoms with Gasteiger partial charge in [-0.15, -0.1) is 0 Å². The first kappa shape index (κ1) is 11.9. The Hall–Kier alpha value is -2.17. The van der Waals surface area contributed by atoms with E-state index in [0.717, 1.165) is 30.3 Å². The summed E-state index contributed by atoms with van der Waals surface area (Å²) in [5.41, 5.74) is 0.897. The van der Waals surface area contributed by atoms with Crippen LogP contribution in [0.1, 0.15) is 19.3 Å². The third-order valence-electron chi connectivity index (χ3n) is 3.52. The average molecular weight is 257 g/mol. The molecule has 2 aromatic rings. The number of anilines is 1. The Labute approximate surface area is 110 Å². The van der Waals surface area contributed by atoms with Crippen molar-refractivity contribution in [2.24, 2.45) is 0 Å². The number of carboxylic acids is 1. The van der Waals surface area contributed by atoms with Crippen molar-refractivity contribution in [3.8, 4) is 0 Å². The first-order chi connectivity index (χ1) is 9.24. The van der Waals surface area contributed by atoms with Gasteiger partial charge in [0.1, 0.15) is 0 Å². The summed E-state index contributed by atoms with van der Waals surface area (Å²) >= 11 is 0. The van der Waals surface area contributed by atoms with Crippen molar-refractivity contribution < 1.29 is 9.90 Å². The van der Waals surface area contributed by atoms with Gasteiger partial charge in [0.25, 0.3) is 0 Å². The molecule has 1 atom stereocenters. The molecule has 19 heavy (non-hydrogen) atoms. The highest BCUT2D eigenvalue weighted by Gasteiger charge is 2.28. The van der Waals surface area contributed by atoms with E-state index in [1.165, 1.54) is 0 Å². The van der Waals surface area contributed by atoms with Crippen molar-refractivity contribution in [3.05, 3.63) is 30.5 Å². The van der Waals surface area contributed by atoms with Crippen molar-refractivity contribution in [1.82, 2.24) is 9.97 Å². The molecule has 2 heterocycles. The molecule has 0 amide bonds. The Morgan fingerprint density at radius 3 is 3.11 bits per heavy atom. The predicted octanol–water partition coefficient (Wildman–Crippen LogP) is 2.07. The van der Waals surface area contributed by atoms with Gasteiger partial charge in [-0.1, -0.05) is 18.2 Å². The normalized spacial score (nSPS) is 18.9. The molecule has 1 saturated heterocycles. The van der Waals surface area contributed by atoms with Crippen LogP contribution in [-0.2, 0) is 4.79 Å². The number of fused-ring (bicyclic) bond motifs is 1. The van der Waals surface area contributed by atoms with Crippen LogP contribution in [0.2, 0.25) is 0 Å². The fourth-order valence-corrected chi connectivity index (χ4v) is 2.61. The van der Waals surface area contributed by atoms with E-state index >= 15 is 0 Å². The second kappa shape index (κ2) is 4.84. The number of nitrogens with zero attached hydrogens (tertiary/aromatic N) is 3. The van der Waals surface area contributed by atoms with E-state index in [4.69, 9.17) is 5.11 Å². The van der Waals surface area contributed by atoms with Gasteiger partial charge in [0.05, 0.1) is 11.9 Å². The van der Waals surface area contributed by atoms with E-state index in [-0.39, 0.29) is 12.5 Å². The third kappa shape index (κ3) is 2.36. The van der Waals surface area contributed by atoms with E-state index in [1.54, 1.807) is 6.20 Å². The molecule has 98 valence electrons. The summed E-state index contributed by atoms with van der Waals surface area (Å²) in [6.07, 6.45) is 3.83. The maximum atomic E-state index is 10.9. The van der Waals surface area contributed by atoms with Gasteiger partial charge in [-0.2, -0.15) is 0 Å². The van der Waals surface area contributed by atoms with E-state index in [9.17, 15) is 4.79 Å². The lowest BCUT2D eigenvalue weighted by atomic mass is 10.1. The third-order valence-corrected chi connectivity index (χ3v) is 3.52. The van der Waals surface area contributed by atoms with Crippen LogP contribution in [0.4, 0.5) is 5.95 Å². The minimum atomic E-state index is -0.766. The largest absolute Gasteiger partial charge is 0.481 e. The molecule has 1 N–H and O–H groups in total. The minimum Gasteiger partial charge on any atom is -0.481 e. The predicted molar refractivity (Wildman–Crippen MR) is 72.2 cm³/mol. The molecule has 0 aliphatic carbocycles. The number of carbonyl (C=O) groups is 1. The zero-order valence-electron chi connectivity index (χ0n) is 10.5. The Morgan fingerprint density at radius 1 is 1.42 bits per heavy atom. The average Bonchev–Trinajstić information content (AvgIpc) is 2.85. The molecule has 1 unspecified atom stereocenters. The van der Waals surface area contributed by atoms with Crippen LogP contribution >= 0.6 is 0 Å². The summed E-state index contributed by atoms with van der Waals surface area (Å²) < 4.78 is 0. The number of aliphatic carboxylic acids is 1. The summed E-state index contributed by atoms with van der Waals surface area (Å²) in [4.78, 5) is 21.8. The standard InChI is InChI=1S/C14H15N3O2/c18-13(19)8-11-5-3-7-17(11)14-15-9-10-4-1-2-6-12(10)16-14/h1-2,4,6,9,11H,3,5,7-8H2,(H,18,19). The quantitative estimate of drug-likeness (QED) is 0.911. The number of hydrogen-bond donors (Lipinski definition) is 1. The molecule has 3 rings (SSSR count).